The van der Waals surface area contributed by atoms with Crippen molar-refractivity contribution in [2.45, 2.75) is 18.3 Å². The molecule has 1 fully saturated rings. The molecular formula is C12H19N5O4. The first-order valence-corrected chi connectivity index (χ1v) is 6.44. The molecule has 0 spiro atoms. The highest BCUT2D eigenvalue weighted by atomic mass is 16.5. The number of imidazole rings is 1. The average molecular weight is 297 g/mol. The molecule has 0 radical (unpaired) electrons. The highest BCUT2D eigenvalue weighted by molar-refractivity contribution is 5.82. The minimum Gasteiger partial charge on any atom is -0.394 e. The molecule has 3 heterocycles. The van der Waals surface area contributed by atoms with Gasteiger partial charge >= 0.3 is 0 Å². The molecule has 21 heavy (non-hydrogen) atoms. The lowest BCUT2D eigenvalue weighted by molar-refractivity contribution is -0.00588. The smallest absolute Gasteiger partial charge is 0.182 e. The van der Waals surface area contributed by atoms with Crippen molar-refractivity contribution in [2.75, 3.05) is 32.2 Å². The molecule has 1 aliphatic rings. The summed E-state index contributed by atoms with van der Waals surface area (Å²) in [5.74, 6) is 0.859. The van der Waals surface area contributed by atoms with Gasteiger partial charge in [0.2, 0.25) is 0 Å². The molecule has 3 atom stereocenters. The fourth-order valence-corrected chi connectivity index (χ4v) is 1.92. The van der Waals surface area contributed by atoms with Gasteiger partial charge in [0.1, 0.15) is 30.2 Å². The van der Waals surface area contributed by atoms with Crippen molar-refractivity contribution in [3.63, 3.8) is 0 Å². The van der Waals surface area contributed by atoms with E-state index in [-0.39, 0.29) is 13.2 Å². The maximum atomic E-state index is 8.92. The number of hydrogen-bond donors (Lipinski definition) is 4. The number of hydrogen-bond acceptors (Lipinski definition) is 8. The number of aromatic amines is 1. The van der Waals surface area contributed by atoms with Gasteiger partial charge in [0.25, 0.3) is 0 Å². The minimum atomic E-state index is -0.921. The second kappa shape index (κ2) is 6.76. The molecule has 0 amide bonds. The van der Waals surface area contributed by atoms with Crippen LogP contribution in [0.4, 0.5) is 5.82 Å². The van der Waals surface area contributed by atoms with E-state index < -0.39 is 18.3 Å². The number of fused-ring (bicyclic) bond motifs is 1. The zero-order chi connectivity index (χ0) is 15.4. The van der Waals surface area contributed by atoms with Crippen molar-refractivity contribution in [2.24, 2.45) is 0 Å². The fourth-order valence-electron chi connectivity index (χ4n) is 1.92. The van der Waals surface area contributed by atoms with Crippen molar-refractivity contribution in [3.05, 3.63) is 12.7 Å². The molecule has 4 N–H and O–H groups in total. The van der Waals surface area contributed by atoms with Crippen LogP contribution in [0.2, 0.25) is 0 Å². The van der Waals surface area contributed by atoms with Gasteiger partial charge in [0.15, 0.2) is 11.5 Å². The summed E-state index contributed by atoms with van der Waals surface area (Å²) in [6.07, 6.45) is 0.780. The largest absolute Gasteiger partial charge is 0.394 e. The minimum absolute atomic E-state index is 0.117. The van der Waals surface area contributed by atoms with Crippen LogP contribution < -0.4 is 4.90 Å². The number of aliphatic hydroxyl groups excluding tert-OH is 3. The van der Waals surface area contributed by atoms with Gasteiger partial charge in [-0.25, -0.2) is 15.0 Å². The summed E-state index contributed by atoms with van der Waals surface area (Å²) in [5, 5.41) is 26.2. The highest BCUT2D eigenvalue weighted by Crippen LogP contribution is 2.16. The van der Waals surface area contributed by atoms with E-state index in [0.717, 1.165) is 11.3 Å². The van der Waals surface area contributed by atoms with Gasteiger partial charge in [-0.1, -0.05) is 0 Å². The summed E-state index contributed by atoms with van der Waals surface area (Å²) in [7, 11) is 3.87. The second-order valence-corrected chi connectivity index (χ2v) is 4.81. The first-order valence-electron chi connectivity index (χ1n) is 6.44. The molecule has 9 nitrogen and oxygen atoms in total. The van der Waals surface area contributed by atoms with Crippen LogP contribution in [0, 0.1) is 0 Å². The molecule has 3 rings (SSSR count). The van der Waals surface area contributed by atoms with Gasteiger partial charge in [-0.15, -0.1) is 0 Å². The standard InChI is InChI=1S/C7H9N5.C5H10O4/c1-12(2)7-5-6(9-3-8-5)10-4-11-7;6-1-4-5(8)3(7)2-9-4/h3-4H,1-2H3,(H,8,9,10,11);3-8H,1-2H2/t;3-,4+,5-/m.0/s1. The lowest BCUT2D eigenvalue weighted by Crippen LogP contribution is -2.31. The molecule has 1 aliphatic heterocycles. The van der Waals surface area contributed by atoms with E-state index in [9.17, 15) is 0 Å². The number of nitrogens with zero attached hydrogens (tertiary/aromatic N) is 4. The quantitative estimate of drug-likeness (QED) is 0.528. The third-order valence-electron chi connectivity index (χ3n) is 3.06. The number of H-pyrrole nitrogens is 1. The van der Waals surface area contributed by atoms with E-state index in [4.69, 9.17) is 20.1 Å². The number of aromatic nitrogens is 4. The Bertz CT molecular complexity index is 576. The molecular weight excluding hydrogens is 278 g/mol. The van der Waals surface area contributed by atoms with Crippen LogP contribution in [0.5, 0.6) is 0 Å². The predicted molar refractivity (Wildman–Crippen MR) is 74.9 cm³/mol. The summed E-state index contributed by atoms with van der Waals surface area (Å²) in [6, 6.07) is 0. The Morgan fingerprint density at radius 1 is 1.33 bits per heavy atom. The number of anilines is 1. The van der Waals surface area contributed by atoms with Crippen LogP contribution >= 0.6 is 0 Å². The van der Waals surface area contributed by atoms with Gasteiger partial charge in [0.05, 0.1) is 19.5 Å². The summed E-state index contributed by atoms with van der Waals surface area (Å²) in [5.41, 5.74) is 1.58. The van der Waals surface area contributed by atoms with Gasteiger partial charge < -0.3 is 29.9 Å². The van der Waals surface area contributed by atoms with Crippen LogP contribution in [0.3, 0.4) is 0 Å². The number of rotatable bonds is 2. The van der Waals surface area contributed by atoms with Crippen LogP contribution in [0.1, 0.15) is 0 Å². The zero-order valence-corrected chi connectivity index (χ0v) is 11.8. The second-order valence-electron chi connectivity index (χ2n) is 4.81. The van der Waals surface area contributed by atoms with Crippen LogP contribution in [0.15, 0.2) is 12.7 Å². The van der Waals surface area contributed by atoms with Crippen LogP contribution in [0.25, 0.3) is 11.2 Å². The SMILES string of the molecule is CN(C)c1ncnc2nc[nH]c12.OC[C@H]1OC[C@H](O)[C@@H]1O. The molecule has 1 saturated heterocycles. The molecule has 0 aliphatic carbocycles. The van der Waals surface area contributed by atoms with E-state index in [1.807, 2.05) is 19.0 Å². The molecule has 0 unspecified atom stereocenters. The van der Waals surface area contributed by atoms with Gasteiger partial charge in [-0.05, 0) is 0 Å². The maximum Gasteiger partial charge on any atom is 0.182 e. The number of nitrogens with one attached hydrogen (secondary N) is 1. The third-order valence-corrected chi connectivity index (χ3v) is 3.06. The summed E-state index contributed by atoms with van der Waals surface area (Å²) >= 11 is 0. The average Bonchev–Trinajstić information content (AvgIpc) is 3.07. The fraction of sp³-hybridized carbons (Fsp3) is 0.583. The van der Waals surface area contributed by atoms with E-state index in [0.29, 0.717) is 5.65 Å². The molecule has 0 aromatic carbocycles. The first-order chi connectivity index (χ1) is 10.0. The Balaban J connectivity index is 0.000000161. The molecule has 0 saturated carbocycles. The van der Waals surface area contributed by atoms with Crippen LogP contribution in [-0.2, 0) is 4.74 Å². The Labute approximate surface area is 121 Å². The van der Waals surface area contributed by atoms with E-state index in [2.05, 4.69) is 19.9 Å². The Morgan fingerprint density at radius 3 is 2.62 bits per heavy atom. The monoisotopic (exact) mass is 297 g/mol. The summed E-state index contributed by atoms with van der Waals surface area (Å²) in [4.78, 5) is 17.1. The van der Waals surface area contributed by atoms with E-state index in [1.54, 1.807) is 6.33 Å². The number of aliphatic hydroxyl groups is 3. The zero-order valence-electron chi connectivity index (χ0n) is 11.8. The van der Waals surface area contributed by atoms with E-state index >= 15 is 0 Å². The predicted octanol–water partition coefficient (Wildman–Crippen LogP) is -1.48. The Kier molecular flexibility index (Phi) is 5.02. The Hall–Kier alpha value is -1.81. The van der Waals surface area contributed by atoms with Crippen molar-refractivity contribution in [1.29, 1.82) is 0 Å². The van der Waals surface area contributed by atoms with Gasteiger partial charge in [-0.2, -0.15) is 0 Å². The summed E-state index contributed by atoms with van der Waals surface area (Å²) in [6.45, 7) is -0.120. The van der Waals surface area contributed by atoms with Crippen molar-refractivity contribution < 1.29 is 20.1 Å². The Morgan fingerprint density at radius 2 is 2.10 bits per heavy atom. The lowest BCUT2D eigenvalue weighted by atomic mass is 10.2. The van der Waals surface area contributed by atoms with Crippen molar-refractivity contribution >= 4 is 17.0 Å². The van der Waals surface area contributed by atoms with Crippen molar-refractivity contribution in [3.8, 4) is 0 Å². The maximum absolute atomic E-state index is 8.92. The van der Waals surface area contributed by atoms with Crippen LogP contribution in [-0.4, -0.2) is 80.9 Å². The molecule has 116 valence electrons. The lowest BCUT2D eigenvalue weighted by Gasteiger charge is -2.10. The van der Waals surface area contributed by atoms with Gasteiger partial charge in [-0.3, -0.25) is 0 Å². The molecule has 9 heteroatoms. The third kappa shape index (κ3) is 3.45. The summed E-state index contributed by atoms with van der Waals surface area (Å²) < 4.78 is 4.78. The topological polar surface area (TPSA) is 128 Å². The normalized spacial score (nSPS) is 24.7. The molecule has 0 bridgehead atoms. The first kappa shape index (κ1) is 15.6. The van der Waals surface area contributed by atoms with Gasteiger partial charge in [0, 0.05) is 14.1 Å². The number of ether oxygens (including phenoxy) is 1. The molecule has 2 aromatic heterocycles. The van der Waals surface area contributed by atoms with E-state index in [1.165, 1.54) is 6.33 Å². The molecule has 2 aromatic rings. The van der Waals surface area contributed by atoms with Crippen molar-refractivity contribution in [1.82, 2.24) is 19.9 Å². The highest BCUT2D eigenvalue weighted by Gasteiger charge is 2.33.